The lowest BCUT2D eigenvalue weighted by Crippen LogP contribution is -2.08. The number of methoxy groups -OCH3 is 2. The zero-order valence-corrected chi connectivity index (χ0v) is 33.6. The van der Waals surface area contributed by atoms with Gasteiger partial charge < -0.3 is 9.47 Å². The van der Waals surface area contributed by atoms with Crippen molar-refractivity contribution >= 4 is 23.1 Å². The number of para-hydroxylation sites is 1. The molecule has 280 valence electrons. The third kappa shape index (κ3) is 15.2. The molecule has 0 heterocycles. The molecule has 0 fully saturated rings. The van der Waals surface area contributed by atoms with Gasteiger partial charge in [0.1, 0.15) is 11.5 Å². The highest BCUT2D eigenvalue weighted by atomic mass is 16.5. The number of ketones is 4. The summed E-state index contributed by atoms with van der Waals surface area (Å²) < 4.78 is 10.1. The first-order valence-corrected chi connectivity index (χ1v) is 18.0. The maximum absolute atomic E-state index is 11.6. The van der Waals surface area contributed by atoms with E-state index >= 15 is 0 Å². The summed E-state index contributed by atoms with van der Waals surface area (Å²) in [4.78, 5) is 46.3. The Hall–Kier alpha value is -4.84. The molecule has 0 unspecified atom stereocenters. The second-order valence-corrected chi connectivity index (χ2v) is 14.2. The highest BCUT2D eigenvalue weighted by Crippen LogP contribution is 2.21. The van der Waals surface area contributed by atoms with E-state index < -0.39 is 0 Å². The van der Waals surface area contributed by atoms with Gasteiger partial charge in [0.05, 0.1) is 19.8 Å². The maximum Gasteiger partial charge on any atom is 0.169 e. The van der Waals surface area contributed by atoms with Gasteiger partial charge in [-0.1, -0.05) is 148 Å². The van der Waals surface area contributed by atoms with E-state index in [1.165, 1.54) is 11.1 Å². The number of Topliss-reactive ketones (excluding diaryl/α,β-unsaturated/α-hetero) is 4. The second kappa shape index (κ2) is 22.9. The van der Waals surface area contributed by atoms with Crippen LogP contribution >= 0.6 is 0 Å². The zero-order valence-electron chi connectivity index (χ0n) is 33.6. The van der Waals surface area contributed by atoms with Crippen molar-refractivity contribution in [2.45, 2.75) is 82.1 Å². The summed E-state index contributed by atoms with van der Waals surface area (Å²) in [6.45, 7) is 21.6. The minimum atomic E-state index is 0.0105. The monoisotopic (exact) mass is 708 g/mol. The van der Waals surface area contributed by atoms with Crippen LogP contribution in [-0.4, -0.2) is 37.4 Å². The molecule has 6 heteroatoms. The topological polar surface area (TPSA) is 86.7 Å². The fourth-order valence-corrected chi connectivity index (χ4v) is 4.69. The smallest absolute Gasteiger partial charge is 0.169 e. The molecule has 0 aliphatic rings. The van der Waals surface area contributed by atoms with Crippen molar-refractivity contribution in [2.75, 3.05) is 14.2 Å². The van der Waals surface area contributed by atoms with Gasteiger partial charge in [0.25, 0.3) is 0 Å². The van der Waals surface area contributed by atoms with Crippen LogP contribution < -0.4 is 9.47 Å². The van der Waals surface area contributed by atoms with E-state index in [0.29, 0.717) is 22.8 Å². The van der Waals surface area contributed by atoms with Gasteiger partial charge in [-0.3, -0.25) is 19.2 Å². The van der Waals surface area contributed by atoms with E-state index in [9.17, 15) is 19.2 Å². The van der Waals surface area contributed by atoms with Gasteiger partial charge in [-0.25, -0.2) is 0 Å². The molecule has 0 radical (unpaired) electrons. The highest BCUT2D eigenvalue weighted by Gasteiger charge is 2.15. The van der Waals surface area contributed by atoms with Crippen LogP contribution in [0.2, 0.25) is 0 Å². The fraction of sp³-hybridized carbons (Fsp3) is 0.391. The van der Waals surface area contributed by atoms with Crippen molar-refractivity contribution in [3.63, 3.8) is 0 Å². The molecule has 0 N–H and O–H groups in total. The molecule has 0 saturated carbocycles. The summed E-state index contributed by atoms with van der Waals surface area (Å²) >= 11 is 0. The van der Waals surface area contributed by atoms with Gasteiger partial charge in [-0.15, -0.1) is 0 Å². The van der Waals surface area contributed by atoms with Gasteiger partial charge in [0.15, 0.2) is 23.1 Å². The zero-order chi connectivity index (χ0) is 39.5. The molecule has 0 aliphatic carbocycles. The minimum absolute atomic E-state index is 0.0105. The van der Waals surface area contributed by atoms with E-state index in [0.717, 1.165) is 16.9 Å². The number of rotatable bonds is 11. The molecule has 4 aromatic carbocycles. The van der Waals surface area contributed by atoms with Gasteiger partial charge in [-0.2, -0.15) is 0 Å². The third-order valence-electron chi connectivity index (χ3n) is 8.02. The average Bonchev–Trinajstić information content (AvgIpc) is 3.14. The molecule has 0 amide bonds. The molecule has 6 nitrogen and oxygen atoms in total. The lowest BCUT2D eigenvalue weighted by atomic mass is 9.97. The van der Waals surface area contributed by atoms with Crippen LogP contribution in [0, 0.1) is 30.6 Å². The van der Waals surface area contributed by atoms with Crippen LogP contribution in [0.15, 0.2) is 97.1 Å². The molecule has 0 bridgehead atoms. The van der Waals surface area contributed by atoms with Gasteiger partial charge in [0.2, 0.25) is 0 Å². The second-order valence-electron chi connectivity index (χ2n) is 14.2. The summed E-state index contributed by atoms with van der Waals surface area (Å²) in [5, 5.41) is 0. The third-order valence-corrected chi connectivity index (χ3v) is 8.02. The summed E-state index contributed by atoms with van der Waals surface area (Å²) in [7, 11) is 3.17. The molecular formula is C46H60O6. The predicted octanol–water partition coefficient (Wildman–Crippen LogP) is 11.6. The van der Waals surface area contributed by atoms with E-state index in [2.05, 4.69) is 13.8 Å². The van der Waals surface area contributed by atoms with Gasteiger partial charge in [-0.05, 0) is 42.7 Å². The number of carbonyl (C=O) groups is 4. The first-order valence-electron chi connectivity index (χ1n) is 18.0. The van der Waals surface area contributed by atoms with Gasteiger partial charge in [0, 0.05) is 40.4 Å². The SMILES string of the molecule is CC(C)C(=O)c1ccc(C(C)C)cc1.COc1cccc(C(=O)C(C)C)c1.COc1ccccc1C(=O)C(C)C.Cc1ccc(C(=O)C(C)C)cc1. The minimum Gasteiger partial charge on any atom is -0.497 e. The van der Waals surface area contributed by atoms with Crippen molar-refractivity contribution < 1.29 is 28.7 Å². The Labute approximate surface area is 313 Å². The van der Waals surface area contributed by atoms with E-state index in [4.69, 9.17) is 9.47 Å². The fourth-order valence-electron chi connectivity index (χ4n) is 4.69. The molecule has 4 aromatic rings. The number of carbonyl (C=O) groups excluding carboxylic acids is 4. The number of benzene rings is 4. The van der Waals surface area contributed by atoms with E-state index in [1.807, 2.05) is 141 Å². The Morgan fingerprint density at radius 3 is 1.33 bits per heavy atom. The van der Waals surface area contributed by atoms with Gasteiger partial charge >= 0.3 is 0 Å². The summed E-state index contributed by atoms with van der Waals surface area (Å²) in [6.07, 6.45) is 0. The largest absolute Gasteiger partial charge is 0.497 e. The van der Waals surface area contributed by atoms with Crippen molar-refractivity contribution in [3.8, 4) is 11.5 Å². The van der Waals surface area contributed by atoms with Crippen LogP contribution in [0.3, 0.4) is 0 Å². The lowest BCUT2D eigenvalue weighted by molar-refractivity contribution is 0.0929. The van der Waals surface area contributed by atoms with Crippen LogP contribution in [0.25, 0.3) is 0 Å². The molecule has 0 atom stereocenters. The van der Waals surface area contributed by atoms with Crippen molar-refractivity contribution in [1.29, 1.82) is 0 Å². The molecular weight excluding hydrogens is 649 g/mol. The quantitative estimate of drug-likeness (QED) is 0.144. The Balaban J connectivity index is 0.000000347. The van der Waals surface area contributed by atoms with Crippen LogP contribution in [0.4, 0.5) is 0 Å². The van der Waals surface area contributed by atoms with Crippen LogP contribution in [0.1, 0.15) is 128 Å². The van der Waals surface area contributed by atoms with Crippen LogP contribution in [-0.2, 0) is 0 Å². The first-order chi connectivity index (χ1) is 24.4. The Morgan fingerprint density at radius 1 is 0.462 bits per heavy atom. The van der Waals surface area contributed by atoms with Crippen molar-refractivity contribution in [3.05, 3.63) is 130 Å². The molecule has 0 aliphatic heterocycles. The number of ether oxygens (including phenoxy) is 2. The molecule has 0 spiro atoms. The van der Waals surface area contributed by atoms with Crippen molar-refractivity contribution in [1.82, 2.24) is 0 Å². The van der Waals surface area contributed by atoms with E-state index in [-0.39, 0.29) is 46.8 Å². The molecule has 52 heavy (non-hydrogen) atoms. The standard InChI is InChI=1S/C13H18O.2C11H14O2.C11H14O/c1-9(2)11-5-7-12(8-6-11)13(14)10(3)4;1-8(2)11(12)9-5-4-6-10(7-9)13-3;1-8(2)11(12)9-6-4-5-7-10(9)13-3;1-8(2)11(12)10-6-4-9(3)5-7-10/h5-10H,1-4H3;2*4-8H,1-3H3;4-8H,1-3H3. The number of hydrogen-bond acceptors (Lipinski definition) is 6. The molecule has 0 aromatic heterocycles. The lowest BCUT2D eigenvalue weighted by Gasteiger charge is -2.08. The Bertz CT molecular complexity index is 1690. The summed E-state index contributed by atoms with van der Waals surface area (Å²) in [6, 6.07) is 30.2. The van der Waals surface area contributed by atoms with Crippen molar-refractivity contribution in [2.24, 2.45) is 23.7 Å². The Morgan fingerprint density at radius 2 is 0.904 bits per heavy atom. The average molecular weight is 709 g/mol. The summed E-state index contributed by atoms with van der Waals surface area (Å²) in [5.74, 6) is 2.84. The normalized spacial score (nSPS) is 10.4. The Kier molecular flexibility index (Phi) is 19.9. The van der Waals surface area contributed by atoms with Crippen LogP contribution in [0.5, 0.6) is 11.5 Å². The first kappa shape index (κ1) is 45.2. The predicted molar refractivity (Wildman–Crippen MR) is 214 cm³/mol. The number of aryl methyl sites for hydroxylation is 1. The maximum atomic E-state index is 11.6. The number of hydrogen-bond donors (Lipinski definition) is 0. The molecule has 0 saturated heterocycles. The summed E-state index contributed by atoms with van der Waals surface area (Å²) in [5.41, 5.74) is 5.50. The molecule has 4 rings (SSSR count). The van der Waals surface area contributed by atoms with E-state index in [1.54, 1.807) is 32.4 Å². The highest BCUT2D eigenvalue weighted by molar-refractivity contribution is 6.00.